The van der Waals surface area contributed by atoms with E-state index in [1.807, 2.05) is 60.7 Å². The molecule has 0 radical (unpaired) electrons. The number of rotatable bonds is 3. The first kappa shape index (κ1) is 18.8. The molecule has 140 valence electrons. The van der Waals surface area contributed by atoms with Gasteiger partial charge in [-0.15, -0.1) is 0 Å². The zero-order valence-electron chi connectivity index (χ0n) is 16.0. The molecule has 0 aromatic heterocycles. The lowest BCUT2D eigenvalue weighted by Crippen LogP contribution is -2.36. The van der Waals surface area contributed by atoms with E-state index in [2.05, 4.69) is 60.7 Å². The van der Waals surface area contributed by atoms with E-state index in [-0.39, 0.29) is 0 Å². The summed E-state index contributed by atoms with van der Waals surface area (Å²) in [6, 6.07) is 40.0. The van der Waals surface area contributed by atoms with Crippen LogP contribution in [0.2, 0.25) is 0 Å². The van der Waals surface area contributed by atoms with Crippen molar-refractivity contribution in [1.82, 2.24) is 0 Å². The van der Waals surface area contributed by atoms with Gasteiger partial charge in [-0.2, -0.15) is 0 Å². The first-order chi connectivity index (χ1) is 14.3. The van der Waals surface area contributed by atoms with E-state index in [1.54, 1.807) is 0 Å². The number of benzene rings is 5. The predicted octanol–water partition coefficient (Wildman–Crippen LogP) is 5.45. The molecule has 0 aliphatic heterocycles. The van der Waals surface area contributed by atoms with E-state index < -0.39 is 7.12 Å². The zero-order chi connectivity index (χ0) is 19.9. The van der Waals surface area contributed by atoms with Crippen molar-refractivity contribution in [2.75, 3.05) is 0 Å². The van der Waals surface area contributed by atoms with E-state index in [9.17, 15) is 5.02 Å². The number of hydrogen-bond acceptors (Lipinski definition) is 2. The van der Waals surface area contributed by atoms with Crippen LogP contribution < -0.4 is 10.1 Å². The summed E-state index contributed by atoms with van der Waals surface area (Å²) in [5.74, 6) is 0.661. The average molecular weight is 376 g/mol. The molecule has 5 rings (SSSR count). The van der Waals surface area contributed by atoms with E-state index in [0.29, 0.717) is 5.75 Å². The highest BCUT2D eigenvalue weighted by atomic mass is 16.5. The van der Waals surface area contributed by atoms with Crippen LogP contribution in [0.3, 0.4) is 0 Å². The maximum absolute atomic E-state index is 9.75. The van der Waals surface area contributed by atoms with E-state index in [1.165, 1.54) is 21.5 Å². The van der Waals surface area contributed by atoms with Crippen LogP contribution >= 0.6 is 0 Å². The zero-order valence-corrected chi connectivity index (χ0v) is 16.0. The van der Waals surface area contributed by atoms with Crippen LogP contribution in [0.5, 0.6) is 5.75 Å². The van der Waals surface area contributed by atoms with Crippen molar-refractivity contribution in [1.29, 1.82) is 0 Å². The minimum atomic E-state index is -0.909. The monoisotopic (exact) mass is 376 g/mol. The Kier molecular flexibility index (Phi) is 5.89. The number of para-hydroxylation sites is 1. The van der Waals surface area contributed by atoms with Crippen LogP contribution in [-0.4, -0.2) is 12.1 Å². The molecule has 5 aromatic carbocycles. The Morgan fingerprint density at radius 1 is 0.483 bits per heavy atom. The number of hydrogen-bond donors (Lipinski definition) is 1. The third kappa shape index (κ3) is 4.84. The molecule has 0 spiro atoms. The molecule has 29 heavy (non-hydrogen) atoms. The topological polar surface area (TPSA) is 29.5 Å². The average Bonchev–Trinajstić information content (AvgIpc) is 2.79. The van der Waals surface area contributed by atoms with Crippen molar-refractivity contribution in [3.63, 3.8) is 0 Å². The maximum atomic E-state index is 9.75. The van der Waals surface area contributed by atoms with Crippen LogP contribution in [0.4, 0.5) is 0 Å². The molecule has 0 saturated carbocycles. The van der Waals surface area contributed by atoms with Crippen LogP contribution in [0.1, 0.15) is 0 Å². The second kappa shape index (κ2) is 9.09. The molecule has 3 heteroatoms. The van der Waals surface area contributed by atoms with Crippen LogP contribution in [0.15, 0.2) is 121 Å². The van der Waals surface area contributed by atoms with Crippen LogP contribution in [0.25, 0.3) is 21.5 Å². The van der Waals surface area contributed by atoms with Gasteiger partial charge in [0.2, 0.25) is 0 Å². The Labute approximate surface area is 171 Å². The van der Waals surface area contributed by atoms with Crippen molar-refractivity contribution in [2.24, 2.45) is 0 Å². The summed E-state index contributed by atoms with van der Waals surface area (Å²) in [7, 11) is -0.909. The highest BCUT2D eigenvalue weighted by molar-refractivity contribution is 6.60. The molecular formula is C26H21BO2. The van der Waals surface area contributed by atoms with Crippen molar-refractivity contribution in [3.8, 4) is 5.75 Å². The molecule has 0 bridgehead atoms. The molecule has 5 aromatic rings. The van der Waals surface area contributed by atoms with Gasteiger partial charge in [0.1, 0.15) is 5.75 Å². The molecule has 0 unspecified atom stereocenters. The predicted molar refractivity (Wildman–Crippen MR) is 123 cm³/mol. The molecule has 0 heterocycles. The molecule has 0 saturated heterocycles. The Morgan fingerprint density at radius 2 is 0.862 bits per heavy atom. The molecule has 0 amide bonds. The van der Waals surface area contributed by atoms with Gasteiger partial charge in [0, 0.05) is 0 Å². The summed E-state index contributed by atoms with van der Waals surface area (Å²) in [5, 5.41) is 15.0. The Balaban J connectivity index is 0.000000141. The molecular weight excluding hydrogens is 355 g/mol. The molecule has 0 fully saturated rings. The largest absolute Gasteiger partial charge is 0.560 e. The van der Waals surface area contributed by atoms with Gasteiger partial charge < -0.3 is 9.68 Å². The second-order valence-electron chi connectivity index (χ2n) is 6.74. The first-order valence-corrected chi connectivity index (χ1v) is 9.62. The van der Waals surface area contributed by atoms with Gasteiger partial charge in [0.05, 0.1) is 0 Å². The molecule has 0 atom stereocenters. The van der Waals surface area contributed by atoms with Gasteiger partial charge in [-0.05, 0) is 51.3 Å². The SMILES string of the molecule is OB(Oc1ccccc1)c1ccccc1.c1ccc2cc3ccccc3cc2c1. The van der Waals surface area contributed by atoms with Gasteiger partial charge >= 0.3 is 7.12 Å². The fourth-order valence-corrected chi connectivity index (χ4v) is 3.20. The normalized spacial score (nSPS) is 10.2. The number of fused-ring (bicyclic) bond motifs is 2. The molecule has 0 aliphatic carbocycles. The van der Waals surface area contributed by atoms with Crippen molar-refractivity contribution in [2.45, 2.75) is 0 Å². The summed E-state index contributed by atoms with van der Waals surface area (Å²) >= 11 is 0. The smallest absolute Gasteiger partial charge is 0.532 e. The lowest BCUT2D eigenvalue weighted by Gasteiger charge is -2.09. The third-order valence-electron chi connectivity index (χ3n) is 4.69. The Morgan fingerprint density at radius 3 is 1.31 bits per heavy atom. The summed E-state index contributed by atoms with van der Waals surface area (Å²) in [4.78, 5) is 0. The van der Waals surface area contributed by atoms with Gasteiger partial charge in [-0.25, -0.2) is 0 Å². The third-order valence-corrected chi connectivity index (χ3v) is 4.69. The lowest BCUT2D eigenvalue weighted by molar-refractivity contribution is 0.432. The van der Waals surface area contributed by atoms with Crippen molar-refractivity contribution < 1.29 is 9.68 Å². The van der Waals surface area contributed by atoms with Gasteiger partial charge in [-0.3, -0.25) is 0 Å². The summed E-state index contributed by atoms with van der Waals surface area (Å²) in [6.45, 7) is 0. The van der Waals surface area contributed by atoms with E-state index >= 15 is 0 Å². The molecule has 0 aliphatic rings. The molecule has 2 nitrogen and oxygen atoms in total. The minimum absolute atomic E-state index is 0.661. The van der Waals surface area contributed by atoms with Gasteiger partial charge in [-0.1, -0.05) is 97.1 Å². The maximum Gasteiger partial charge on any atom is 0.560 e. The van der Waals surface area contributed by atoms with Crippen molar-refractivity contribution in [3.05, 3.63) is 121 Å². The fraction of sp³-hybridized carbons (Fsp3) is 0. The summed E-state index contributed by atoms with van der Waals surface area (Å²) in [5.41, 5.74) is 0.751. The summed E-state index contributed by atoms with van der Waals surface area (Å²) < 4.78 is 5.36. The van der Waals surface area contributed by atoms with Gasteiger partial charge in [0.15, 0.2) is 0 Å². The van der Waals surface area contributed by atoms with Gasteiger partial charge in [0.25, 0.3) is 0 Å². The van der Waals surface area contributed by atoms with Crippen molar-refractivity contribution >= 4 is 34.1 Å². The highest BCUT2D eigenvalue weighted by Crippen LogP contribution is 2.22. The standard InChI is InChI=1S/C14H10.C12H11BO2/c1-2-6-12-10-14-8-4-3-7-13(14)9-11(12)5-1;14-13(11-7-3-1-4-8-11)15-12-9-5-2-6-10-12/h1-10H;1-10,14H. The fourth-order valence-electron chi connectivity index (χ4n) is 3.20. The second-order valence-corrected chi connectivity index (χ2v) is 6.74. The Hall–Kier alpha value is -3.56. The Bertz CT molecular complexity index is 1090. The van der Waals surface area contributed by atoms with E-state index in [0.717, 1.165) is 5.46 Å². The summed E-state index contributed by atoms with van der Waals surface area (Å²) in [6.07, 6.45) is 0. The van der Waals surface area contributed by atoms with Crippen LogP contribution in [0, 0.1) is 0 Å². The molecule has 1 N–H and O–H groups in total. The highest BCUT2D eigenvalue weighted by Gasteiger charge is 2.17. The van der Waals surface area contributed by atoms with Crippen LogP contribution in [-0.2, 0) is 0 Å². The quantitative estimate of drug-likeness (QED) is 0.335. The first-order valence-electron chi connectivity index (χ1n) is 9.62. The van der Waals surface area contributed by atoms with E-state index in [4.69, 9.17) is 4.65 Å². The lowest BCUT2D eigenvalue weighted by atomic mass is 9.79. The minimum Gasteiger partial charge on any atom is -0.532 e.